The van der Waals surface area contributed by atoms with Gasteiger partial charge in [0.25, 0.3) is 0 Å². The van der Waals surface area contributed by atoms with E-state index in [0.717, 1.165) is 11.0 Å². The van der Waals surface area contributed by atoms with Crippen molar-refractivity contribution >= 4 is 51.7 Å². The number of rotatable bonds is 4. The van der Waals surface area contributed by atoms with E-state index in [1.165, 1.54) is 0 Å². The number of allylic oxidation sites excluding steroid dienone is 1. The number of hydrogen-bond donors (Lipinski definition) is 1. The molecule has 0 spiro atoms. The molecular weight excluding hydrogens is 379 g/mol. The van der Waals surface area contributed by atoms with Crippen molar-refractivity contribution in [3.8, 4) is 0 Å². The molecule has 132 valence electrons. The molecule has 4 rings (SSSR count). The molecule has 0 amide bonds. The standard InChI is InChI=1S/C22H14Cl2N2O/c23-16-11-10-15(18(24)13-16)12-17(21(27)14-6-2-1-3-7-14)22-25-19-8-4-5-9-20(19)26-22/h1-13H,(H,25,26)/b17-12-. The van der Waals surface area contributed by atoms with Crippen LogP contribution < -0.4 is 0 Å². The molecule has 1 aromatic heterocycles. The quantitative estimate of drug-likeness (QED) is 0.327. The van der Waals surface area contributed by atoms with E-state index in [1.807, 2.05) is 42.5 Å². The molecule has 0 aliphatic carbocycles. The number of aromatic nitrogens is 2. The fourth-order valence-corrected chi connectivity index (χ4v) is 3.30. The Kier molecular flexibility index (Phi) is 4.80. The third-order valence-corrected chi connectivity index (χ3v) is 4.75. The molecule has 0 saturated heterocycles. The van der Waals surface area contributed by atoms with Crippen molar-refractivity contribution in [2.45, 2.75) is 0 Å². The molecule has 27 heavy (non-hydrogen) atoms. The zero-order valence-corrected chi connectivity index (χ0v) is 15.6. The predicted octanol–water partition coefficient (Wildman–Crippen LogP) is 6.29. The largest absolute Gasteiger partial charge is 0.338 e. The van der Waals surface area contributed by atoms with Crippen LogP contribution in [0.1, 0.15) is 21.7 Å². The van der Waals surface area contributed by atoms with Gasteiger partial charge in [0.05, 0.1) is 16.6 Å². The Labute approximate surface area is 166 Å². The van der Waals surface area contributed by atoms with Gasteiger partial charge in [-0.1, -0.05) is 71.7 Å². The SMILES string of the molecule is O=C(/C(=C/c1ccc(Cl)cc1Cl)c1nc2ccccc2[nH]1)c1ccccc1. The molecule has 4 aromatic rings. The lowest BCUT2D eigenvalue weighted by Gasteiger charge is -2.06. The zero-order chi connectivity index (χ0) is 18.8. The first kappa shape index (κ1) is 17.5. The first-order valence-electron chi connectivity index (χ1n) is 8.33. The van der Waals surface area contributed by atoms with Gasteiger partial charge in [-0.3, -0.25) is 4.79 Å². The Balaban J connectivity index is 1.89. The fourth-order valence-electron chi connectivity index (χ4n) is 2.84. The number of hydrogen-bond acceptors (Lipinski definition) is 2. The maximum absolute atomic E-state index is 13.2. The van der Waals surface area contributed by atoms with Crippen LogP contribution in [-0.2, 0) is 0 Å². The topological polar surface area (TPSA) is 45.8 Å². The Hall–Kier alpha value is -2.88. The van der Waals surface area contributed by atoms with E-state index < -0.39 is 0 Å². The Morgan fingerprint density at radius 1 is 0.926 bits per heavy atom. The summed E-state index contributed by atoms with van der Waals surface area (Å²) in [5, 5.41) is 1.01. The van der Waals surface area contributed by atoms with Crippen molar-refractivity contribution in [1.82, 2.24) is 9.97 Å². The summed E-state index contributed by atoms with van der Waals surface area (Å²) in [5.41, 5.74) is 3.36. The molecule has 0 bridgehead atoms. The minimum absolute atomic E-state index is 0.138. The minimum Gasteiger partial charge on any atom is -0.338 e. The van der Waals surface area contributed by atoms with E-state index in [4.69, 9.17) is 23.2 Å². The third-order valence-electron chi connectivity index (χ3n) is 4.19. The van der Waals surface area contributed by atoms with Gasteiger partial charge >= 0.3 is 0 Å². The van der Waals surface area contributed by atoms with E-state index in [0.29, 0.717) is 32.6 Å². The molecule has 0 fully saturated rings. The van der Waals surface area contributed by atoms with E-state index in [-0.39, 0.29) is 5.78 Å². The highest BCUT2D eigenvalue weighted by Crippen LogP contribution is 2.28. The molecular formula is C22H14Cl2N2O. The van der Waals surface area contributed by atoms with E-state index in [9.17, 15) is 4.79 Å². The van der Waals surface area contributed by atoms with Crippen LogP contribution in [0.2, 0.25) is 10.0 Å². The second kappa shape index (κ2) is 7.39. The number of fused-ring (bicyclic) bond motifs is 1. The lowest BCUT2D eigenvalue weighted by molar-refractivity contribution is 0.105. The molecule has 0 radical (unpaired) electrons. The van der Waals surface area contributed by atoms with E-state index >= 15 is 0 Å². The summed E-state index contributed by atoms with van der Waals surface area (Å²) in [7, 11) is 0. The first-order chi connectivity index (χ1) is 13.1. The van der Waals surface area contributed by atoms with Gasteiger partial charge in [-0.15, -0.1) is 0 Å². The summed E-state index contributed by atoms with van der Waals surface area (Å²) < 4.78 is 0. The third kappa shape index (κ3) is 3.65. The monoisotopic (exact) mass is 392 g/mol. The maximum Gasteiger partial charge on any atom is 0.196 e. The van der Waals surface area contributed by atoms with Gasteiger partial charge in [-0.2, -0.15) is 0 Å². The highest BCUT2D eigenvalue weighted by molar-refractivity contribution is 6.37. The van der Waals surface area contributed by atoms with Gasteiger partial charge in [-0.05, 0) is 35.9 Å². The van der Waals surface area contributed by atoms with Gasteiger partial charge in [0.1, 0.15) is 5.82 Å². The molecule has 5 heteroatoms. The van der Waals surface area contributed by atoms with Crippen molar-refractivity contribution < 1.29 is 4.79 Å². The number of halogens is 2. The number of ketones is 1. The van der Waals surface area contributed by atoms with Gasteiger partial charge in [0.2, 0.25) is 0 Å². The molecule has 0 saturated carbocycles. The summed E-state index contributed by atoms with van der Waals surface area (Å²) in [5.74, 6) is 0.358. The molecule has 3 nitrogen and oxygen atoms in total. The number of para-hydroxylation sites is 2. The minimum atomic E-state index is -0.138. The molecule has 1 N–H and O–H groups in total. The Bertz CT molecular complexity index is 1130. The van der Waals surface area contributed by atoms with Crippen LogP contribution in [0.3, 0.4) is 0 Å². The van der Waals surface area contributed by atoms with Crippen molar-refractivity contribution in [3.63, 3.8) is 0 Å². The lowest BCUT2D eigenvalue weighted by Crippen LogP contribution is -2.04. The van der Waals surface area contributed by atoms with Crippen LogP contribution in [0.4, 0.5) is 0 Å². The second-order valence-electron chi connectivity index (χ2n) is 6.02. The normalized spacial score (nSPS) is 11.7. The number of carbonyl (C=O) groups excluding carboxylic acids is 1. The highest BCUT2D eigenvalue weighted by atomic mass is 35.5. The number of imidazole rings is 1. The summed E-state index contributed by atoms with van der Waals surface area (Å²) in [6.45, 7) is 0. The molecule has 3 aromatic carbocycles. The lowest BCUT2D eigenvalue weighted by atomic mass is 10.0. The molecule has 1 heterocycles. The van der Waals surface area contributed by atoms with Gasteiger partial charge in [0, 0.05) is 15.6 Å². The van der Waals surface area contributed by atoms with Crippen LogP contribution in [0.25, 0.3) is 22.7 Å². The average molecular weight is 393 g/mol. The number of H-pyrrole nitrogens is 1. The van der Waals surface area contributed by atoms with Gasteiger partial charge in [0.15, 0.2) is 5.78 Å². The highest BCUT2D eigenvalue weighted by Gasteiger charge is 2.18. The number of benzene rings is 3. The fraction of sp³-hybridized carbons (Fsp3) is 0. The summed E-state index contributed by atoms with van der Waals surface area (Å²) >= 11 is 12.3. The van der Waals surface area contributed by atoms with Crippen molar-refractivity contribution in [3.05, 3.63) is 99.8 Å². The Morgan fingerprint density at radius 2 is 1.67 bits per heavy atom. The second-order valence-corrected chi connectivity index (χ2v) is 6.87. The van der Waals surface area contributed by atoms with E-state index in [1.54, 1.807) is 36.4 Å². The predicted molar refractivity (Wildman–Crippen MR) is 111 cm³/mol. The van der Waals surface area contributed by atoms with Crippen LogP contribution in [-0.4, -0.2) is 15.8 Å². The number of Topliss-reactive ketones (excluding diaryl/α,β-unsaturated/α-hetero) is 1. The number of aromatic amines is 1. The summed E-state index contributed by atoms with van der Waals surface area (Å²) in [4.78, 5) is 21.0. The molecule has 0 unspecified atom stereocenters. The maximum atomic E-state index is 13.2. The smallest absolute Gasteiger partial charge is 0.196 e. The van der Waals surface area contributed by atoms with Gasteiger partial charge < -0.3 is 4.98 Å². The van der Waals surface area contributed by atoms with Crippen molar-refractivity contribution in [2.24, 2.45) is 0 Å². The molecule has 0 atom stereocenters. The zero-order valence-electron chi connectivity index (χ0n) is 14.1. The van der Waals surface area contributed by atoms with Crippen LogP contribution in [0, 0.1) is 0 Å². The van der Waals surface area contributed by atoms with Crippen LogP contribution >= 0.6 is 23.2 Å². The van der Waals surface area contributed by atoms with E-state index in [2.05, 4.69) is 9.97 Å². The number of nitrogens with zero attached hydrogens (tertiary/aromatic N) is 1. The van der Waals surface area contributed by atoms with Gasteiger partial charge in [-0.25, -0.2) is 4.98 Å². The van der Waals surface area contributed by atoms with Crippen LogP contribution in [0.15, 0.2) is 72.8 Å². The van der Waals surface area contributed by atoms with Crippen molar-refractivity contribution in [2.75, 3.05) is 0 Å². The molecule has 0 aliphatic heterocycles. The van der Waals surface area contributed by atoms with Crippen LogP contribution in [0.5, 0.6) is 0 Å². The Morgan fingerprint density at radius 3 is 2.41 bits per heavy atom. The summed E-state index contributed by atoms with van der Waals surface area (Å²) in [6.07, 6.45) is 1.74. The molecule has 0 aliphatic rings. The number of nitrogens with one attached hydrogen (secondary N) is 1. The average Bonchev–Trinajstić information content (AvgIpc) is 3.11. The van der Waals surface area contributed by atoms with Crippen molar-refractivity contribution in [1.29, 1.82) is 0 Å². The summed E-state index contributed by atoms with van der Waals surface area (Å²) in [6, 6.07) is 21.9. The number of carbonyl (C=O) groups is 1. The first-order valence-corrected chi connectivity index (χ1v) is 9.09.